The lowest BCUT2D eigenvalue weighted by molar-refractivity contribution is 0.102. The number of anilines is 1. The number of para-hydroxylation sites is 1. The number of pyridine rings is 1. The lowest BCUT2D eigenvalue weighted by Gasteiger charge is -2.12. The first-order valence-electron chi connectivity index (χ1n) is 6.68. The molecule has 0 aliphatic heterocycles. The van der Waals surface area contributed by atoms with Gasteiger partial charge in [0.15, 0.2) is 0 Å². The predicted molar refractivity (Wildman–Crippen MR) is 88.6 cm³/mol. The maximum atomic E-state index is 12.3. The van der Waals surface area contributed by atoms with Crippen LogP contribution in [-0.4, -0.2) is 15.9 Å². The fraction of sp³-hybridized carbons (Fsp3) is 0.188. The highest BCUT2D eigenvalue weighted by Gasteiger charge is 2.12. The van der Waals surface area contributed by atoms with Gasteiger partial charge in [-0.25, -0.2) is 0 Å². The number of carbonyl (C=O) groups excluding carboxylic acids is 1. The zero-order chi connectivity index (χ0) is 15.4. The van der Waals surface area contributed by atoms with Crippen molar-refractivity contribution in [3.63, 3.8) is 0 Å². The molecule has 21 heavy (non-hydrogen) atoms. The molecule has 2 rings (SSSR count). The van der Waals surface area contributed by atoms with Crippen molar-refractivity contribution in [3.05, 3.63) is 58.9 Å². The van der Waals surface area contributed by atoms with Crippen LogP contribution in [0.1, 0.15) is 34.1 Å². The largest absolute Gasteiger partial charge is 0.389 e. The monoisotopic (exact) mass is 299 g/mol. The van der Waals surface area contributed by atoms with Crippen LogP contribution in [0.15, 0.2) is 36.5 Å². The van der Waals surface area contributed by atoms with E-state index in [4.69, 9.17) is 18.0 Å². The highest BCUT2D eigenvalue weighted by Crippen LogP contribution is 2.21. The second-order valence-electron chi connectivity index (χ2n) is 4.71. The Morgan fingerprint density at radius 1 is 1.33 bits per heavy atom. The van der Waals surface area contributed by atoms with Crippen molar-refractivity contribution in [2.24, 2.45) is 5.73 Å². The average molecular weight is 299 g/mol. The van der Waals surface area contributed by atoms with E-state index < -0.39 is 0 Å². The number of carbonyl (C=O) groups is 1. The number of amides is 1. The van der Waals surface area contributed by atoms with Crippen molar-refractivity contribution in [2.45, 2.75) is 20.3 Å². The molecule has 0 unspecified atom stereocenters. The van der Waals surface area contributed by atoms with Gasteiger partial charge >= 0.3 is 0 Å². The maximum Gasteiger partial charge on any atom is 0.274 e. The Morgan fingerprint density at radius 2 is 2.10 bits per heavy atom. The normalized spacial score (nSPS) is 10.2. The number of aromatic nitrogens is 1. The minimum atomic E-state index is -0.242. The van der Waals surface area contributed by atoms with Crippen LogP contribution in [0.5, 0.6) is 0 Å². The van der Waals surface area contributed by atoms with Crippen LogP contribution < -0.4 is 11.1 Å². The molecule has 0 saturated heterocycles. The molecular weight excluding hydrogens is 282 g/mol. The van der Waals surface area contributed by atoms with Gasteiger partial charge in [0.1, 0.15) is 10.7 Å². The van der Waals surface area contributed by atoms with E-state index >= 15 is 0 Å². The van der Waals surface area contributed by atoms with Gasteiger partial charge in [0.25, 0.3) is 5.91 Å². The Hall–Kier alpha value is -2.27. The van der Waals surface area contributed by atoms with E-state index in [-0.39, 0.29) is 10.9 Å². The summed E-state index contributed by atoms with van der Waals surface area (Å²) in [6.07, 6.45) is 2.36. The first-order chi connectivity index (χ1) is 10.0. The van der Waals surface area contributed by atoms with Crippen molar-refractivity contribution < 1.29 is 4.79 Å². The van der Waals surface area contributed by atoms with E-state index in [1.54, 1.807) is 12.1 Å². The minimum absolute atomic E-state index is 0.242. The van der Waals surface area contributed by atoms with E-state index in [0.29, 0.717) is 11.3 Å². The number of benzene rings is 1. The SMILES string of the molecule is CCc1cccc(C)c1NC(=O)c1ccc(C(N)=S)cn1. The Morgan fingerprint density at radius 3 is 2.67 bits per heavy atom. The van der Waals surface area contributed by atoms with Crippen LogP contribution in [-0.2, 0) is 6.42 Å². The first-order valence-corrected chi connectivity index (χ1v) is 7.09. The zero-order valence-corrected chi connectivity index (χ0v) is 12.8. The van der Waals surface area contributed by atoms with Crippen molar-refractivity contribution in [1.82, 2.24) is 4.98 Å². The van der Waals surface area contributed by atoms with Crippen LogP contribution in [0, 0.1) is 6.92 Å². The highest BCUT2D eigenvalue weighted by molar-refractivity contribution is 7.80. The molecular formula is C16H17N3OS. The van der Waals surface area contributed by atoms with Crippen molar-refractivity contribution >= 4 is 28.8 Å². The molecule has 0 aliphatic rings. The van der Waals surface area contributed by atoms with Gasteiger partial charge in [-0.1, -0.05) is 37.3 Å². The minimum Gasteiger partial charge on any atom is -0.389 e. The summed E-state index contributed by atoms with van der Waals surface area (Å²) in [6, 6.07) is 9.28. The Balaban J connectivity index is 2.24. The molecule has 3 N–H and O–H groups in total. The Kier molecular flexibility index (Phi) is 4.65. The lowest BCUT2D eigenvalue weighted by atomic mass is 10.1. The van der Waals surface area contributed by atoms with Crippen LogP contribution in [0.3, 0.4) is 0 Å². The third kappa shape index (κ3) is 3.44. The highest BCUT2D eigenvalue weighted by atomic mass is 32.1. The lowest BCUT2D eigenvalue weighted by Crippen LogP contribution is -2.17. The Labute approximate surface area is 129 Å². The average Bonchev–Trinajstić information content (AvgIpc) is 2.49. The molecule has 0 saturated carbocycles. The molecule has 1 heterocycles. The molecule has 1 aromatic heterocycles. The van der Waals surface area contributed by atoms with Crippen LogP contribution in [0.2, 0.25) is 0 Å². The number of hydrogen-bond acceptors (Lipinski definition) is 3. The van der Waals surface area contributed by atoms with Gasteiger partial charge in [-0.2, -0.15) is 0 Å². The summed E-state index contributed by atoms with van der Waals surface area (Å²) >= 11 is 4.86. The van der Waals surface area contributed by atoms with Crippen LogP contribution in [0.4, 0.5) is 5.69 Å². The van der Waals surface area contributed by atoms with Gasteiger partial charge in [-0.3, -0.25) is 9.78 Å². The van der Waals surface area contributed by atoms with E-state index in [0.717, 1.165) is 23.2 Å². The molecule has 1 aromatic carbocycles. The second kappa shape index (κ2) is 6.45. The summed E-state index contributed by atoms with van der Waals surface area (Å²) in [5.74, 6) is -0.242. The summed E-state index contributed by atoms with van der Waals surface area (Å²) < 4.78 is 0. The van der Waals surface area contributed by atoms with E-state index in [1.807, 2.05) is 25.1 Å². The van der Waals surface area contributed by atoms with Crippen LogP contribution >= 0.6 is 12.2 Å². The molecule has 2 aromatic rings. The predicted octanol–water partition coefficient (Wildman–Crippen LogP) is 2.84. The molecule has 0 atom stereocenters. The number of nitrogens with one attached hydrogen (secondary N) is 1. The third-order valence-electron chi connectivity index (χ3n) is 3.26. The second-order valence-corrected chi connectivity index (χ2v) is 5.15. The van der Waals surface area contributed by atoms with E-state index in [9.17, 15) is 4.79 Å². The summed E-state index contributed by atoms with van der Waals surface area (Å²) in [7, 11) is 0. The smallest absolute Gasteiger partial charge is 0.274 e. The molecule has 108 valence electrons. The van der Waals surface area contributed by atoms with Gasteiger partial charge in [-0.15, -0.1) is 0 Å². The van der Waals surface area contributed by atoms with E-state index in [1.165, 1.54) is 6.20 Å². The third-order valence-corrected chi connectivity index (χ3v) is 3.49. The topological polar surface area (TPSA) is 68.0 Å². The quantitative estimate of drug-likeness (QED) is 0.852. The summed E-state index contributed by atoms with van der Waals surface area (Å²) in [6.45, 7) is 4.03. The molecule has 5 heteroatoms. The summed E-state index contributed by atoms with van der Waals surface area (Å²) in [5.41, 5.74) is 9.47. The fourth-order valence-electron chi connectivity index (χ4n) is 2.05. The van der Waals surface area contributed by atoms with Gasteiger partial charge in [-0.05, 0) is 36.6 Å². The maximum absolute atomic E-state index is 12.3. The van der Waals surface area contributed by atoms with Gasteiger partial charge < -0.3 is 11.1 Å². The molecule has 0 aliphatic carbocycles. The summed E-state index contributed by atoms with van der Waals surface area (Å²) in [4.78, 5) is 16.6. The van der Waals surface area contributed by atoms with Crippen LogP contribution in [0.25, 0.3) is 0 Å². The standard InChI is InChI=1S/C16H17N3OS/c1-3-11-6-4-5-10(2)14(11)19-16(20)13-8-7-12(9-18-13)15(17)21/h4-9H,3H2,1-2H3,(H2,17,21)(H,19,20). The number of aryl methyl sites for hydroxylation is 2. The van der Waals surface area contributed by atoms with Gasteiger partial charge in [0.2, 0.25) is 0 Å². The number of hydrogen-bond donors (Lipinski definition) is 2. The Bertz CT molecular complexity index is 680. The number of rotatable bonds is 4. The fourth-order valence-corrected chi connectivity index (χ4v) is 2.17. The molecule has 0 radical (unpaired) electrons. The molecule has 1 amide bonds. The summed E-state index contributed by atoms with van der Waals surface area (Å²) in [5, 5.41) is 2.93. The number of nitrogens with two attached hydrogens (primary N) is 1. The number of nitrogens with zero attached hydrogens (tertiary/aromatic N) is 1. The van der Waals surface area contributed by atoms with Crippen molar-refractivity contribution in [3.8, 4) is 0 Å². The molecule has 0 fully saturated rings. The molecule has 4 nitrogen and oxygen atoms in total. The van der Waals surface area contributed by atoms with E-state index in [2.05, 4.69) is 17.2 Å². The van der Waals surface area contributed by atoms with Gasteiger partial charge in [0, 0.05) is 17.4 Å². The zero-order valence-electron chi connectivity index (χ0n) is 12.0. The van der Waals surface area contributed by atoms with Crippen molar-refractivity contribution in [1.29, 1.82) is 0 Å². The van der Waals surface area contributed by atoms with Gasteiger partial charge in [0.05, 0.1) is 0 Å². The van der Waals surface area contributed by atoms with Crippen molar-refractivity contribution in [2.75, 3.05) is 5.32 Å². The molecule has 0 bridgehead atoms. The number of thiocarbonyl (C=S) groups is 1. The first kappa shape index (κ1) is 15.1. The molecule has 0 spiro atoms.